The standard InChI is InChI=1S/C32H33NO5/c1-2-3-14-35-23-11-9-21(10-12-23)25-7-4-8-27-30(25)32(31(34)33(27)19-24-6-5-15-36-24)20-38-29-18-28-22(13-16-37-28)17-26(29)32/h4,7-12,17-18,24H,2-3,5-6,13-16,19-20H2,1H3/t24-,32?/m1/s1. The maximum Gasteiger partial charge on any atom is 0.245 e. The molecule has 0 radical (unpaired) electrons. The molecule has 1 spiro atoms. The van der Waals surface area contributed by atoms with Crippen molar-refractivity contribution in [1.82, 2.24) is 0 Å². The van der Waals surface area contributed by atoms with Crippen LogP contribution in [0.25, 0.3) is 11.1 Å². The van der Waals surface area contributed by atoms with Gasteiger partial charge in [0.05, 0.1) is 25.9 Å². The third-order valence-corrected chi connectivity index (χ3v) is 8.41. The minimum absolute atomic E-state index is 0.0559. The van der Waals surface area contributed by atoms with Gasteiger partial charge in [0, 0.05) is 35.9 Å². The number of benzene rings is 3. The molecule has 7 rings (SSSR count). The molecule has 0 saturated carbocycles. The van der Waals surface area contributed by atoms with Crippen LogP contribution in [0.15, 0.2) is 54.6 Å². The van der Waals surface area contributed by atoms with Crippen molar-refractivity contribution in [3.8, 4) is 28.4 Å². The number of anilines is 1. The fourth-order valence-electron chi connectivity index (χ4n) is 6.45. The molecule has 0 aromatic heterocycles. The second-order valence-corrected chi connectivity index (χ2v) is 10.7. The van der Waals surface area contributed by atoms with Crippen molar-refractivity contribution in [2.24, 2.45) is 0 Å². The Kier molecular flexibility index (Phi) is 5.81. The van der Waals surface area contributed by atoms with Gasteiger partial charge >= 0.3 is 0 Å². The van der Waals surface area contributed by atoms with Crippen molar-refractivity contribution in [2.45, 2.75) is 50.5 Å². The van der Waals surface area contributed by atoms with E-state index in [1.54, 1.807) is 0 Å². The maximum atomic E-state index is 14.6. The Morgan fingerprint density at radius 3 is 2.76 bits per heavy atom. The highest BCUT2D eigenvalue weighted by Gasteiger charge is 2.58. The number of hydrogen-bond donors (Lipinski definition) is 0. The van der Waals surface area contributed by atoms with Gasteiger partial charge in [-0.15, -0.1) is 0 Å². The van der Waals surface area contributed by atoms with Crippen LogP contribution in [0.2, 0.25) is 0 Å². The molecule has 3 aromatic carbocycles. The number of amides is 1. The SMILES string of the molecule is CCCCOc1ccc(-c2cccc3c2C2(COc4cc5c(cc42)CCO5)C(=O)N3C[C@H]2CCCO2)cc1. The van der Waals surface area contributed by atoms with E-state index in [9.17, 15) is 4.79 Å². The van der Waals surface area contributed by atoms with Crippen LogP contribution in [0.3, 0.4) is 0 Å². The summed E-state index contributed by atoms with van der Waals surface area (Å²) in [5.41, 5.74) is 5.31. The topological polar surface area (TPSA) is 57.2 Å². The van der Waals surface area contributed by atoms with Gasteiger partial charge in [0.25, 0.3) is 0 Å². The predicted octanol–water partition coefficient (Wildman–Crippen LogP) is 5.67. The van der Waals surface area contributed by atoms with Crippen molar-refractivity contribution in [3.63, 3.8) is 0 Å². The van der Waals surface area contributed by atoms with E-state index < -0.39 is 5.41 Å². The summed E-state index contributed by atoms with van der Waals surface area (Å²) < 4.78 is 24.0. The van der Waals surface area contributed by atoms with E-state index in [2.05, 4.69) is 43.3 Å². The smallest absolute Gasteiger partial charge is 0.245 e. The van der Waals surface area contributed by atoms with Crippen LogP contribution >= 0.6 is 0 Å². The molecular formula is C32H33NO5. The lowest BCUT2D eigenvalue weighted by molar-refractivity contribution is -0.122. The number of nitrogens with zero attached hydrogens (tertiary/aromatic N) is 1. The summed E-state index contributed by atoms with van der Waals surface area (Å²) in [6, 6.07) is 18.7. The fourth-order valence-corrected chi connectivity index (χ4v) is 6.45. The minimum atomic E-state index is -0.895. The van der Waals surface area contributed by atoms with Crippen molar-refractivity contribution >= 4 is 11.6 Å². The molecule has 38 heavy (non-hydrogen) atoms. The highest BCUT2D eigenvalue weighted by Crippen LogP contribution is 2.56. The molecule has 1 saturated heterocycles. The summed E-state index contributed by atoms with van der Waals surface area (Å²) in [6.45, 7) is 5.15. The van der Waals surface area contributed by atoms with Gasteiger partial charge in [-0.1, -0.05) is 37.6 Å². The molecule has 0 aliphatic carbocycles. The second-order valence-electron chi connectivity index (χ2n) is 10.7. The van der Waals surface area contributed by atoms with Crippen molar-refractivity contribution in [1.29, 1.82) is 0 Å². The Balaban J connectivity index is 1.36. The average molecular weight is 512 g/mol. The predicted molar refractivity (Wildman–Crippen MR) is 146 cm³/mol. The largest absolute Gasteiger partial charge is 0.494 e. The van der Waals surface area contributed by atoms with Crippen LogP contribution in [0.4, 0.5) is 5.69 Å². The van der Waals surface area contributed by atoms with E-state index in [4.69, 9.17) is 18.9 Å². The van der Waals surface area contributed by atoms with Crippen LogP contribution in [0.1, 0.15) is 49.3 Å². The molecule has 2 atom stereocenters. The highest BCUT2D eigenvalue weighted by atomic mass is 16.5. The molecule has 196 valence electrons. The fraction of sp³-hybridized carbons (Fsp3) is 0.406. The molecule has 1 fully saturated rings. The van der Waals surface area contributed by atoms with Gasteiger partial charge in [-0.3, -0.25) is 4.79 Å². The van der Waals surface area contributed by atoms with Crippen LogP contribution in [-0.4, -0.2) is 45.0 Å². The Morgan fingerprint density at radius 2 is 1.95 bits per heavy atom. The van der Waals surface area contributed by atoms with Gasteiger partial charge in [0.2, 0.25) is 5.91 Å². The molecule has 1 unspecified atom stereocenters. The zero-order valence-electron chi connectivity index (χ0n) is 21.8. The molecule has 1 amide bonds. The molecule has 3 aromatic rings. The number of carbonyl (C=O) groups excluding carboxylic acids is 1. The van der Waals surface area contributed by atoms with Gasteiger partial charge in [-0.25, -0.2) is 0 Å². The number of rotatable bonds is 7. The first kappa shape index (κ1) is 23.6. The third kappa shape index (κ3) is 3.61. The summed E-state index contributed by atoms with van der Waals surface area (Å²) in [5, 5.41) is 0. The van der Waals surface area contributed by atoms with E-state index in [0.717, 1.165) is 89.5 Å². The maximum absolute atomic E-state index is 14.6. The van der Waals surface area contributed by atoms with E-state index in [1.807, 2.05) is 23.1 Å². The molecule has 4 heterocycles. The number of unbranched alkanes of at least 4 members (excludes halogenated alkanes) is 1. The lowest BCUT2D eigenvalue weighted by Crippen LogP contribution is -2.45. The van der Waals surface area contributed by atoms with Gasteiger partial charge in [-0.05, 0) is 60.2 Å². The van der Waals surface area contributed by atoms with Crippen molar-refractivity contribution in [2.75, 3.05) is 37.9 Å². The van der Waals surface area contributed by atoms with E-state index in [-0.39, 0.29) is 18.6 Å². The van der Waals surface area contributed by atoms with E-state index in [1.165, 1.54) is 0 Å². The Hall–Kier alpha value is -3.51. The molecule has 4 aliphatic rings. The van der Waals surface area contributed by atoms with Crippen LogP contribution < -0.4 is 19.1 Å². The average Bonchev–Trinajstić information content (AvgIpc) is 3.73. The van der Waals surface area contributed by atoms with E-state index in [0.29, 0.717) is 19.8 Å². The van der Waals surface area contributed by atoms with Crippen molar-refractivity contribution < 1.29 is 23.7 Å². The minimum Gasteiger partial charge on any atom is -0.494 e. The normalized spacial score (nSPS) is 22.8. The summed E-state index contributed by atoms with van der Waals surface area (Å²) in [7, 11) is 0. The van der Waals surface area contributed by atoms with Crippen LogP contribution in [0, 0.1) is 0 Å². The lowest BCUT2D eigenvalue weighted by Gasteiger charge is -2.25. The van der Waals surface area contributed by atoms with Crippen LogP contribution in [-0.2, 0) is 21.4 Å². The van der Waals surface area contributed by atoms with Gasteiger partial charge in [0.1, 0.15) is 29.3 Å². The number of fused-ring (bicyclic) bond motifs is 5. The quantitative estimate of drug-likeness (QED) is 0.383. The first-order valence-electron chi connectivity index (χ1n) is 13.9. The van der Waals surface area contributed by atoms with Gasteiger partial charge in [-0.2, -0.15) is 0 Å². The molecule has 6 heteroatoms. The Bertz CT molecular complexity index is 1380. The zero-order valence-corrected chi connectivity index (χ0v) is 21.8. The molecule has 0 N–H and O–H groups in total. The third-order valence-electron chi connectivity index (χ3n) is 8.41. The van der Waals surface area contributed by atoms with E-state index >= 15 is 0 Å². The summed E-state index contributed by atoms with van der Waals surface area (Å²) in [5.74, 6) is 2.56. The summed E-state index contributed by atoms with van der Waals surface area (Å²) in [6.07, 6.45) is 5.05. The molecule has 6 nitrogen and oxygen atoms in total. The zero-order chi connectivity index (χ0) is 25.7. The molecule has 4 aliphatic heterocycles. The van der Waals surface area contributed by atoms with Crippen molar-refractivity contribution in [3.05, 3.63) is 71.3 Å². The highest BCUT2D eigenvalue weighted by molar-refractivity contribution is 6.13. The first-order chi connectivity index (χ1) is 18.7. The second kappa shape index (κ2) is 9.35. The lowest BCUT2D eigenvalue weighted by atomic mass is 9.73. The Morgan fingerprint density at radius 1 is 1.05 bits per heavy atom. The number of carbonyl (C=O) groups is 1. The Labute approximate surface area is 223 Å². The molecule has 0 bridgehead atoms. The van der Waals surface area contributed by atoms with Gasteiger partial charge < -0.3 is 23.8 Å². The summed E-state index contributed by atoms with van der Waals surface area (Å²) in [4.78, 5) is 16.5. The first-order valence-corrected chi connectivity index (χ1v) is 13.9. The molecular weight excluding hydrogens is 478 g/mol. The number of hydrogen-bond acceptors (Lipinski definition) is 5. The monoisotopic (exact) mass is 511 g/mol. The summed E-state index contributed by atoms with van der Waals surface area (Å²) >= 11 is 0. The van der Waals surface area contributed by atoms with Gasteiger partial charge in [0.15, 0.2) is 0 Å². The van der Waals surface area contributed by atoms with Crippen LogP contribution in [0.5, 0.6) is 17.2 Å². The number of ether oxygens (including phenoxy) is 4.